The molecule has 9 rings (SSSR count). The molecule has 0 unspecified atom stereocenters. The molecule has 1 fully saturated rings. The number of hydrogen-bond acceptors (Lipinski definition) is 4. The van der Waals surface area contributed by atoms with Crippen molar-refractivity contribution in [3.63, 3.8) is 0 Å². The van der Waals surface area contributed by atoms with Crippen LogP contribution < -0.4 is 4.40 Å². The summed E-state index contributed by atoms with van der Waals surface area (Å²) in [5, 5.41) is 2.25. The van der Waals surface area contributed by atoms with Gasteiger partial charge >= 0.3 is 147 Å². The molecule has 0 amide bonds. The number of hydrogen-bond donors (Lipinski definition) is 0. The molecule has 6 heteroatoms. The predicted octanol–water partition coefficient (Wildman–Crippen LogP) is 12.9. The van der Waals surface area contributed by atoms with E-state index in [1.165, 1.54) is 53.2 Å². The van der Waals surface area contributed by atoms with Gasteiger partial charge in [0.05, 0.1) is 5.58 Å². The average Bonchev–Trinajstić information content (AvgIpc) is 3.60. The van der Waals surface area contributed by atoms with Crippen molar-refractivity contribution in [2.45, 2.75) is 69.1 Å². The van der Waals surface area contributed by atoms with Crippen molar-refractivity contribution < 1.29 is 24.5 Å². The van der Waals surface area contributed by atoms with Gasteiger partial charge < -0.3 is 9.40 Å². The molecule has 8 aromatic rings. The van der Waals surface area contributed by atoms with Crippen molar-refractivity contribution in [2.24, 2.45) is 0 Å². The molecule has 4 aromatic carbocycles. The van der Waals surface area contributed by atoms with Crippen LogP contribution in [0.15, 0.2) is 132 Å². The average molecular weight is 971 g/mol. The zero-order valence-electron chi connectivity index (χ0n) is 32.8. The van der Waals surface area contributed by atoms with Gasteiger partial charge in [0, 0.05) is 31.7 Å². The van der Waals surface area contributed by atoms with Crippen LogP contribution in [0.1, 0.15) is 55.0 Å². The monoisotopic (exact) mass is 972 g/mol. The molecular weight excluding hydrogens is 923 g/mol. The fourth-order valence-electron chi connectivity index (χ4n) is 7.78. The first-order chi connectivity index (χ1) is 26.7. The number of benzene rings is 4. The van der Waals surface area contributed by atoms with E-state index in [1.807, 2.05) is 44.4 Å². The summed E-state index contributed by atoms with van der Waals surface area (Å²) in [6.45, 7) is 4.06. The predicted molar refractivity (Wildman–Crippen MR) is 231 cm³/mol. The Kier molecular flexibility index (Phi) is 12.2. The van der Waals surface area contributed by atoms with Crippen LogP contribution in [-0.2, 0) is 20.1 Å². The Labute approximate surface area is 347 Å². The van der Waals surface area contributed by atoms with Crippen LogP contribution in [0.25, 0.3) is 66.7 Å². The van der Waals surface area contributed by atoms with E-state index < -0.39 is 13.3 Å². The van der Waals surface area contributed by atoms with Crippen molar-refractivity contribution in [3.05, 3.63) is 157 Å². The van der Waals surface area contributed by atoms with Crippen molar-refractivity contribution in [1.29, 1.82) is 0 Å². The summed E-state index contributed by atoms with van der Waals surface area (Å²) in [5.41, 5.74) is 13.9. The summed E-state index contributed by atoms with van der Waals surface area (Å²) in [5.74, 6) is 7.81. The Morgan fingerprint density at radius 1 is 0.661 bits per heavy atom. The van der Waals surface area contributed by atoms with E-state index in [2.05, 4.69) is 136 Å². The molecule has 0 spiro atoms. The second kappa shape index (κ2) is 17.2. The third-order valence-electron chi connectivity index (χ3n) is 10.8. The van der Waals surface area contributed by atoms with Gasteiger partial charge in [0.2, 0.25) is 0 Å². The minimum absolute atomic E-state index is 0. The third-order valence-corrected chi connectivity index (χ3v) is 15.0. The Morgan fingerprint density at radius 3 is 2.12 bits per heavy atom. The number of fused-ring (bicyclic) bond motifs is 3. The standard InChI is InChI=1S/C29H24NO.C21H23GeN2.Ir/c1-3-8-20(9-4-1)22-14-15-24-25-12-7-13-26(29(25)31-28(24)19-22)27-18-23(16-17-30-27)21-10-5-2-6-11-21;1-15-12-19(13-16(2)24-15)17-6-8-18(9-7-17)21-11-10-20(14-23-21)22(3,4)5;/h1,3-4,7-9,12,14-19,21H,2,5-6,10-11H2;6-8,10-14H,1-5H3;/q2*-1;. The molecule has 283 valence electrons. The van der Waals surface area contributed by atoms with E-state index in [9.17, 15) is 0 Å². The van der Waals surface area contributed by atoms with Crippen molar-refractivity contribution in [3.8, 4) is 44.8 Å². The van der Waals surface area contributed by atoms with Gasteiger partial charge in [-0.15, -0.1) is 18.2 Å². The Bertz CT molecular complexity index is 2550. The quantitative estimate of drug-likeness (QED) is 0.123. The maximum absolute atomic E-state index is 6.41. The summed E-state index contributed by atoms with van der Waals surface area (Å²) >= 11 is -1.80. The number of nitrogens with zero attached hydrogens (tertiary/aromatic N) is 3. The molecule has 0 aliphatic heterocycles. The fourth-order valence-corrected chi connectivity index (χ4v) is 9.95. The number of aromatic nitrogens is 3. The molecular formula is C50H47GeIrN3O-2. The third kappa shape index (κ3) is 8.81. The Hall–Kier alpha value is -4.68. The number of pyridine rings is 3. The van der Waals surface area contributed by atoms with E-state index >= 15 is 0 Å². The van der Waals surface area contributed by atoms with Crippen molar-refractivity contribution in [1.82, 2.24) is 15.0 Å². The van der Waals surface area contributed by atoms with E-state index in [4.69, 9.17) is 9.40 Å². The van der Waals surface area contributed by atoms with Gasteiger partial charge in [-0.3, -0.25) is 0 Å². The van der Waals surface area contributed by atoms with Crippen LogP contribution in [0.5, 0.6) is 0 Å². The zero-order valence-corrected chi connectivity index (χ0v) is 37.3. The molecule has 0 saturated heterocycles. The number of aryl methyl sites for hydroxylation is 2. The molecule has 0 bridgehead atoms. The van der Waals surface area contributed by atoms with Crippen LogP contribution in [0.2, 0.25) is 17.3 Å². The molecule has 0 atom stereocenters. The minimum atomic E-state index is -1.80. The first-order valence-electron chi connectivity index (χ1n) is 19.5. The van der Waals surface area contributed by atoms with Crippen LogP contribution >= 0.6 is 0 Å². The summed E-state index contributed by atoms with van der Waals surface area (Å²) in [7, 11) is 0. The van der Waals surface area contributed by atoms with Crippen molar-refractivity contribution in [2.75, 3.05) is 0 Å². The minimum Gasteiger partial charge on any atom is -0.501 e. The summed E-state index contributed by atoms with van der Waals surface area (Å²) in [6, 6.07) is 47.1. The van der Waals surface area contributed by atoms with Crippen LogP contribution in [0.4, 0.5) is 0 Å². The molecule has 1 saturated carbocycles. The van der Waals surface area contributed by atoms with Gasteiger partial charge in [0.25, 0.3) is 0 Å². The number of rotatable bonds is 6. The van der Waals surface area contributed by atoms with Gasteiger partial charge in [-0.2, -0.15) is 0 Å². The topological polar surface area (TPSA) is 51.8 Å². The molecule has 4 nitrogen and oxygen atoms in total. The molecule has 1 radical (unpaired) electrons. The second-order valence-electron chi connectivity index (χ2n) is 15.9. The van der Waals surface area contributed by atoms with Gasteiger partial charge in [0.15, 0.2) is 0 Å². The summed E-state index contributed by atoms with van der Waals surface area (Å²) in [4.78, 5) is 13.8. The molecule has 4 heterocycles. The molecule has 1 aliphatic carbocycles. The molecule has 0 N–H and O–H groups in total. The van der Waals surface area contributed by atoms with Crippen LogP contribution in [0, 0.1) is 26.0 Å². The zero-order chi connectivity index (χ0) is 37.9. The first kappa shape index (κ1) is 39.6. The Balaban J connectivity index is 0.000000175. The van der Waals surface area contributed by atoms with E-state index in [-0.39, 0.29) is 20.1 Å². The van der Waals surface area contributed by atoms with Crippen molar-refractivity contribution >= 4 is 39.6 Å². The second-order valence-corrected chi connectivity index (χ2v) is 26.5. The van der Waals surface area contributed by atoms with Gasteiger partial charge in [0.1, 0.15) is 5.58 Å². The molecule has 56 heavy (non-hydrogen) atoms. The summed E-state index contributed by atoms with van der Waals surface area (Å²) in [6.07, 6.45) is 10.6. The van der Waals surface area contributed by atoms with E-state index in [0.29, 0.717) is 5.92 Å². The van der Waals surface area contributed by atoms with Crippen LogP contribution in [-0.4, -0.2) is 28.2 Å². The molecule has 4 aromatic heterocycles. The van der Waals surface area contributed by atoms with E-state index in [0.717, 1.165) is 67.0 Å². The van der Waals surface area contributed by atoms with Crippen LogP contribution in [0.3, 0.4) is 0 Å². The van der Waals surface area contributed by atoms with Gasteiger partial charge in [-0.25, -0.2) is 0 Å². The number of furan rings is 1. The first-order valence-corrected chi connectivity index (χ1v) is 26.9. The Morgan fingerprint density at radius 2 is 1.43 bits per heavy atom. The fraction of sp³-hybridized carbons (Fsp3) is 0.220. The normalized spacial score (nSPS) is 13.2. The summed E-state index contributed by atoms with van der Waals surface area (Å²) < 4.78 is 7.84. The van der Waals surface area contributed by atoms with Gasteiger partial charge in [-0.05, 0) is 47.7 Å². The molecule has 1 aliphatic rings. The smallest absolute Gasteiger partial charge is 0.501 e. The SMILES string of the molecule is Cc1cc(-c2c[c-]c(-c3cc[c]([Ge]([CH3])([CH3])[CH3])cn3)cc2)cc(C)n1.[Ir].[c-]1ccc2c(oc3cc(-c4ccccc4)ccc32)c1-c1cc(C2CCCCC2)ccn1. The van der Waals surface area contributed by atoms with E-state index in [1.54, 1.807) is 0 Å². The van der Waals surface area contributed by atoms with Gasteiger partial charge in [-0.1, -0.05) is 84.3 Å². The maximum atomic E-state index is 6.41.